The number of nitrogens with one attached hydrogen (secondary N) is 3. The highest BCUT2D eigenvalue weighted by Gasteiger charge is 2.17. The maximum atomic E-state index is 13.7. The van der Waals surface area contributed by atoms with Crippen molar-refractivity contribution in [3.63, 3.8) is 0 Å². The molecule has 0 bridgehead atoms. The lowest BCUT2D eigenvalue weighted by molar-refractivity contribution is -0.116. The van der Waals surface area contributed by atoms with Crippen molar-refractivity contribution in [2.75, 3.05) is 5.32 Å². The highest BCUT2D eigenvalue weighted by atomic mass is 32.1. The summed E-state index contributed by atoms with van der Waals surface area (Å²) in [6, 6.07) is 6.98. The molecule has 6 aromatic heterocycles. The number of hydrogen-bond acceptors (Lipinski definition) is 7. The van der Waals surface area contributed by atoms with E-state index in [1.54, 1.807) is 37.1 Å². The molecule has 1 amide bonds. The highest BCUT2D eigenvalue weighted by Crippen LogP contribution is 2.34. The molecule has 11 heteroatoms. The van der Waals surface area contributed by atoms with Crippen LogP contribution in [-0.4, -0.2) is 41.0 Å². The molecule has 0 aromatic carbocycles. The monoisotopic (exact) mass is 512 g/mol. The van der Waals surface area contributed by atoms with Crippen LogP contribution in [0.15, 0.2) is 55.2 Å². The zero-order valence-corrected chi connectivity index (χ0v) is 20.7. The summed E-state index contributed by atoms with van der Waals surface area (Å²) in [5.74, 6) is 0.776. The second-order valence-corrected chi connectivity index (χ2v) is 10.1. The minimum Gasteiger partial charge on any atom is -0.335 e. The van der Waals surface area contributed by atoms with Crippen molar-refractivity contribution in [3.8, 4) is 33.1 Å². The molecule has 6 rings (SSSR count). The van der Waals surface area contributed by atoms with Gasteiger partial charge in [0, 0.05) is 46.6 Å². The number of aromatic nitrogens is 7. The van der Waals surface area contributed by atoms with Gasteiger partial charge < -0.3 is 10.3 Å². The predicted molar refractivity (Wildman–Crippen MR) is 141 cm³/mol. The standard InChI is InChI=1S/C26H21FN8OS/c1-13(2)5-22(36)31-16-6-14(8-28-10-16)15-7-17-24(34-35-25(17)30-9-15)26-32-19-12-29-11-18(23(19)33-26)20-3-4-21(27)37-20/h3-4,6-13H,5H2,1-2H3,(H,31,36)(H,32,33)(H,30,34,35). The third-order valence-corrected chi connectivity index (χ3v) is 6.74. The number of halogens is 1. The lowest BCUT2D eigenvalue weighted by Crippen LogP contribution is -2.13. The number of carbonyl (C=O) groups is 1. The second-order valence-electron chi connectivity index (χ2n) is 9.07. The van der Waals surface area contributed by atoms with Gasteiger partial charge in [0.15, 0.2) is 16.6 Å². The summed E-state index contributed by atoms with van der Waals surface area (Å²) in [4.78, 5) is 34.1. The predicted octanol–water partition coefficient (Wildman–Crippen LogP) is 5.81. The maximum absolute atomic E-state index is 13.7. The van der Waals surface area contributed by atoms with Gasteiger partial charge >= 0.3 is 0 Å². The number of nitrogens with zero attached hydrogens (tertiary/aromatic N) is 5. The largest absolute Gasteiger partial charge is 0.335 e. The molecule has 0 aliphatic carbocycles. The Morgan fingerprint density at radius 3 is 2.73 bits per heavy atom. The van der Waals surface area contributed by atoms with Crippen molar-refractivity contribution in [1.82, 2.24) is 35.1 Å². The topological polar surface area (TPSA) is 125 Å². The Labute approximate surface area is 214 Å². The summed E-state index contributed by atoms with van der Waals surface area (Å²) in [5.41, 5.74) is 5.60. The first-order valence-corrected chi connectivity index (χ1v) is 12.5. The fraction of sp³-hybridized carbons (Fsp3) is 0.154. The molecule has 0 fully saturated rings. The zero-order chi connectivity index (χ0) is 25.5. The molecule has 0 radical (unpaired) electrons. The first-order valence-electron chi connectivity index (χ1n) is 11.6. The maximum Gasteiger partial charge on any atom is 0.224 e. The van der Waals surface area contributed by atoms with Crippen LogP contribution in [0.4, 0.5) is 10.1 Å². The van der Waals surface area contributed by atoms with E-state index in [1.165, 1.54) is 6.07 Å². The van der Waals surface area contributed by atoms with Crippen LogP contribution in [0.25, 0.3) is 55.2 Å². The number of imidazole rings is 1. The average Bonchev–Trinajstić information content (AvgIpc) is 3.60. The summed E-state index contributed by atoms with van der Waals surface area (Å²) >= 11 is 1.05. The minimum absolute atomic E-state index is 0.0521. The van der Waals surface area contributed by atoms with Gasteiger partial charge in [-0.05, 0) is 30.2 Å². The van der Waals surface area contributed by atoms with E-state index in [0.29, 0.717) is 34.8 Å². The summed E-state index contributed by atoms with van der Waals surface area (Å²) < 4.78 is 13.7. The van der Waals surface area contributed by atoms with Crippen LogP contribution < -0.4 is 5.32 Å². The van der Waals surface area contributed by atoms with Crippen LogP contribution in [0, 0.1) is 11.0 Å². The molecule has 0 saturated carbocycles. The van der Waals surface area contributed by atoms with Crippen molar-refractivity contribution in [3.05, 3.63) is 60.4 Å². The Balaban J connectivity index is 1.38. The quantitative estimate of drug-likeness (QED) is 0.259. The fourth-order valence-electron chi connectivity index (χ4n) is 4.18. The summed E-state index contributed by atoms with van der Waals surface area (Å²) in [7, 11) is 0. The smallest absolute Gasteiger partial charge is 0.224 e. The molecule has 0 spiro atoms. The van der Waals surface area contributed by atoms with E-state index in [4.69, 9.17) is 4.98 Å². The highest BCUT2D eigenvalue weighted by molar-refractivity contribution is 7.14. The number of fused-ring (bicyclic) bond motifs is 2. The molecule has 0 saturated heterocycles. The molecule has 3 N–H and O–H groups in total. The van der Waals surface area contributed by atoms with Gasteiger partial charge in [-0.25, -0.2) is 9.97 Å². The Morgan fingerprint density at radius 1 is 1.08 bits per heavy atom. The van der Waals surface area contributed by atoms with E-state index in [2.05, 4.69) is 35.5 Å². The number of hydrogen-bond donors (Lipinski definition) is 3. The van der Waals surface area contributed by atoms with Crippen molar-refractivity contribution in [2.24, 2.45) is 5.92 Å². The molecular weight excluding hydrogens is 491 g/mol. The van der Waals surface area contributed by atoms with E-state index < -0.39 is 0 Å². The summed E-state index contributed by atoms with van der Waals surface area (Å²) in [5, 5.41) is 10.8. The molecule has 0 aliphatic rings. The zero-order valence-electron chi connectivity index (χ0n) is 19.9. The molecule has 9 nitrogen and oxygen atoms in total. The van der Waals surface area contributed by atoms with Gasteiger partial charge in [-0.1, -0.05) is 13.8 Å². The third-order valence-electron chi connectivity index (χ3n) is 5.83. The Kier molecular flexibility index (Phi) is 5.68. The van der Waals surface area contributed by atoms with E-state index in [0.717, 1.165) is 43.8 Å². The molecule has 6 heterocycles. The molecule has 37 heavy (non-hydrogen) atoms. The van der Waals surface area contributed by atoms with E-state index in [9.17, 15) is 9.18 Å². The van der Waals surface area contributed by atoms with Crippen molar-refractivity contribution in [1.29, 1.82) is 0 Å². The van der Waals surface area contributed by atoms with Crippen LogP contribution in [0.3, 0.4) is 0 Å². The van der Waals surface area contributed by atoms with Crippen molar-refractivity contribution >= 4 is 45.0 Å². The van der Waals surface area contributed by atoms with E-state index in [1.807, 2.05) is 26.0 Å². The van der Waals surface area contributed by atoms with Crippen LogP contribution in [-0.2, 0) is 4.79 Å². The number of pyridine rings is 3. The van der Waals surface area contributed by atoms with Gasteiger partial charge in [0.05, 0.1) is 29.0 Å². The third kappa shape index (κ3) is 4.45. The normalized spacial score (nSPS) is 11.6. The van der Waals surface area contributed by atoms with Crippen molar-refractivity contribution < 1.29 is 9.18 Å². The first-order chi connectivity index (χ1) is 17.9. The second kappa shape index (κ2) is 9.17. The number of aromatic amines is 2. The number of amides is 1. The number of H-pyrrole nitrogens is 2. The molecule has 6 aromatic rings. The summed E-state index contributed by atoms with van der Waals surface area (Å²) in [6.45, 7) is 4.00. The number of thiophene rings is 1. The van der Waals surface area contributed by atoms with Gasteiger partial charge in [0.25, 0.3) is 0 Å². The van der Waals surface area contributed by atoms with Crippen LogP contribution >= 0.6 is 11.3 Å². The van der Waals surface area contributed by atoms with E-state index in [-0.39, 0.29) is 17.0 Å². The molecule has 0 aliphatic heterocycles. The van der Waals surface area contributed by atoms with Gasteiger partial charge in [0.2, 0.25) is 5.91 Å². The van der Waals surface area contributed by atoms with Gasteiger partial charge in [0.1, 0.15) is 11.2 Å². The molecule has 0 unspecified atom stereocenters. The SMILES string of the molecule is CC(C)CC(=O)Nc1cncc(-c2cnc3n[nH]c(-c4nc5c(-c6ccc(F)s6)cncc5[nH]4)c3c2)c1. The lowest BCUT2D eigenvalue weighted by Gasteiger charge is -2.08. The van der Waals surface area contributed by atoms with Gasteiger partial charge in [-0.2, -0.15) is 9.49 Å². The first kappa shape index (κ1) is 22.9. The van der Waals surface area contributed by atoms with E-state index >= 15 is 0 Å². The molecule has 184 valence electrons. The Morgan fingerprint density at radius 2 is 1.92 bits per heavy atom. The van der Waals surface area contributed by atoms with Crippen molar-refractivity contribution in [2.45, 2.75) is 20.3 Å². The average molecular weight is 513 g/mol. The van der Waals surface area contributed by atoms with Crippen LogP contribution in [0.2, 0.25) is 0 Å². The van der Waals surface area contributed by atoms with Crippen LogP contribution in [0.5, 0.6) is 0 Å². The molecule has 0 atom stereocenters. The molecular formula is C26H21FN8OS. The van der Waals surface area contributed by atoms with Crippen LogP contribution in [0.1, 0.15) is 20.3 Å². The number of anilines is 1. The number of carbonyl (C=O) groups excluding carboxylic acids is 1. The fourth-order valence-corrected chi connectivity index (χ4v) is 4.92. The summed E-state index contributed by atoms with van der Waals surface area (Å²) in [6.07, 6.45) is 8.87. The minimum atomic E-state index is -0.265. The Hall–Kier alpha value is -4.51. The van der Waals surface area contributed by atoms with Gasteiger partial charge in [-0.3, -0.25) is 19.9 Å². The lowest BCUT2D eigenvalue weighted by atomic mass is 10.1. The Bertz CT molecular complexity index is 1770. The van der Waals surface area contributed by atoms with Gasteiger partial charge in [-0.15, -0.1) is 11.3 Å². The number of rotatable bonds is 6.